The number of carbonyl (C=O) groups is 1. The maximum Gasteiger partial charge on any atom is 0.407 e. The molecule has 8 nitrogen and oxygen atoms in total. The van der Waals surface area contributed by atoms with Gasteiger partial charge in [0.2, 0.25) is 0 Å². The van der Waals surface area contributed by atoms with Crippen molar-refractivity contribution in [3.8, 4) is 0 Å². The standard InChI is InChI=1S/C19H27FN6O2/c1-12-11-25(18(27)28)13(2)10-24(12)16(14-6-8-15(20)9-7-14)17-21-22-23-26(17)19(3,4)5/h6-9,12-13,16H,10-11H2,1-5H3,(H,27,28)/t12?,13-,16?/m0/s1. The maximum atomic E-state index is 13.6. The molecular formula is C19H27FN6O2. The first kappa shape index (κ1) is 20.2. The van der Waals surface area contributed by atoms with Crippen LogP contribution in [0, 0.1) is 5.82 Å². The molecule has 2 aromatic rings. The Morgan fingerprint density at radius 3 is 2.39 bits per heavy atom. The second-order valence-electron chi connectivity index (χ2n) is 8.40. The molecule has 2 unspecified atom stereocenters. The van der Waals surface area contributed by atoms with Crippen molar-refractivity contribution < 1.29 is 14.3 Å². The molecule has 0 aliphatic carbocycles. The minimum absolute atomic E-state index is 0.0625. The van der Waals surface area contributed by atoms with Crippen LogP contribution in [0.3, 0.4) is 0 Å². The minimum atomic E-state index is -0.920. The molecule has 1 aromatic carbocycles. The Balaban J connectivity index is 2.07. The summed E-state index contributed by atoms with van der Waals surface area (Å²) in [5.74, 6) is 0.344. The maximum absolute atomic E-state index is 13.6. The van der Waals surface area contributed by atoms with Gasteiger partial charge in [-0.25, -0.2) is 13.9 Å². The molecule has 0 radical (unpaired) electrons. The summed E-state index contributed by atoms with van der Waals surface area (Å²) in [6.07, 6.45) is -0.920. The molecule has 1 amide bonds. The first-order valence-electron chi connectivity index (χ1n) is 9.39. The number of tetrazole rings is 1. The summed E-state index contributed by atoms with van der Waals surface area (Å²) in [6, 6.07) is 5.77. The smallest absolute Gasteiger partial charge is 0.407 e. The molecule has 2 heterocycles. The third-order valence-corrected chi connectivity index (χ3v) is 5.17. The van der Waals surface area contributed by atoms with Gasteiger partial charge in [0.05, 0.1) is 11.6 Å². The molecule has 1 fully saturated rings. The molecule has 3 rings (SSSR count). The molecule has 0 bridgehead atoms. The van der Waals surface area contributed by atoms with Gasteiger partial charge in [-0.2, -0.15) is 0 Å². The van der Waals surface area contributed by atoms with Crippen LogP contribution in [0.15, 0.2) is 24.3 Å². The Hall–Kier alpha value is -2.55. The van der Waals surface area contributed by atoms with Crippen LogP contribution in [0.2, 0.25) is 0 Å². The lowest BCUT2D eigenvalue weighted by Crippen LogP contribution is -2.58. The van der Waals surface area contributed by atoms with Crippen molar-refractivity contribution in [2.75, 3.05) is 13.1 Å². The number of nitrogens with zero attached hydrogens (tertiary/aromatic N) is 6. The van der Waals surface area contributed by atoms with Crippen LogP contribution >= 0.6 is 0 Å². The van der Waals surface area contributed by atoms with E-state index < -0.39 is 6.09 Å². The summed E-state index contributed by atoms with van der Waals surface area (Å²) in [5.41, 5.74) is 0.527. The average molecular weight is 390 g/mol. The van der Waals surface area contributed by atoms with E-state index in [0.717, 1.165) is 5.56 Å². The van der Waals surface area contributed by atoms with E-state index in [1.165, 1.54) is 17.0 Å². The zero-order chi connectivity index (χ0) is 20.6. The van der Waals surface area contributed by atoms with Crippen molar-refractivity contribution >= 4 is 6.09 Å². The van der Waals surface area contributed by atoms with Gasteiger partial charge in [-0.05, 0) is 62.7 Å². The molecule has 3 atom stereocenters. The Morgan fingerprint density at radius 2 is 1.82 bits per heavy atom. The van der Waals surface area contributed by atoms with Crippen molar-refractivity contribution in [3.63, 3.8) is 0 Å². The summed E-state index contributed by atoms with van der Waals surface area (Å²) in [7, 11) is 0. The lowest BCUT2D eigenvalue weighted by molar-refractivity contribution is 0.0244. The largest absolute Gasteiger partial charge is 0.465 e. The minimum Gasteiger partial charge on any atom is -0.465 e. The number of aromatic nitrogens is 4. The number of halogens is 1. The molecule has 1 aromatic heterocycles. The van der Waals surface area contributed by atoms with Gasteiger partial charge in [0, 0.05) is 25.2 Å². The van der Waals surface area contributed by atoms with Gasteiger partial charge in [0.1, 0.15) is 5.82 Å². The highest BCUT2D eigenvalue weighted by molar-refractivity contribution is 5.65. The molecule has 1 saturated heterocycles. The number of amides is 1. The lowest BCUT2D eigenvalue weighted by Gasteiger charge is -2.46. The SMILES string of the molecule is CC1CN(C(=O)O)[C@@H](C)CN1C(c1ccc(F)cc1)c1nnnn1C(C)(C)C. The second kappa shape index (κ2) is 7.46. The zero-order valence-electron chi connectivity index (χ0n) is 16.9. The monoisotopic (exact) mass is 390 g/mol. The molecule has 0 saturated carbocycles. The van der Waals surface area contributed by atoms with Crippen LogP contribution in [0.4, 0.5) is 9.18 Å². The van der Waals surface area contributed by atoms with Crippen LogP contribution in [0.25, 0.3) is 0 Å². The van der Waals surface area contributed by atoms with Gasteiger partial charge in [-0.3, -0.25) is 4.90 Å². The lowest BCUT2D eigenvalue weighted by atomic mass is 9.98. The third kappa shape index (κ3) is 3.84. The number of piperazine rings is 1. The van der Waals surface area contributed by atoms with Crippen LogP contribution in [0.5, 0.6) is 0 Å². The van der Waals surface area contributed by atoms with Gasteiger partial charge >= 0.3 is 6.09 Å². The molecule has 28 heavy (non-hydrogen) atoms. The van der Waals surface area contributed by atoms with E-state index >= 15 is 0 Å². The van der Waals surface area contributed by atoms with Crippen LogP contribution < -0.4 is 0 Å². The van der Waals surface area contributed by atoms with E-state index in [2.05, 4.69) is 20.4 Å². The highest BCUT2D eigenvalue weighted by Crippen LogP contribution is 2.33. The van der Waals surface area contributed by atoms with Crippen molar-refractivity contribution in [2.45, 2.75) is 58.3 Å². The Kier molecular flexibility index (Phi) is 5.38. The van der Waals surface area contributed by atoms with Gasteiger partial charge in [0.25, 0.3) is 0 Å². The first-order valence-corrected chi connectivity index (χ1v) is 9.39. The molecule has 1 aliphatic heterocycles. The molecular weight excluding hydrogens is 363 g/mol. The average Bonchev–Trinajstić information content (AvgIpc) is 3.09. The van der Waals surface area contributed by atoms with Gasteiger partial charge in [-0.1, -0.05) is 12.1 Å². The van der Waals surface area contributed by atoms with Crippen molar-refractivity contribution in [1.82, 2.24) is 30.0 Å². The highest BCUT2D eigenvalue weighted by atomic mass is 19.1. The van der Waals surface area contributed by atoms with Crippen molar-refractivity contribution in [1.29, 1.82) is 0 Å². The van der Waals surface area contributed by atoms with Crippen LogP contribution in [0.1, 0.15) is 52.0 Å². The second-order valence-corrected chi connectivity index (χ2v) is 8.40. The molecule has 0 spiro atoms. The highest BCUT2D eigenvalue weighted by Gasteiger charge is 2.39. The first-order chi connectivity index (χ1) is 13.1. The molecule has 9 heteroatoms. The zero-order valence-corrected chi connectivity index (χ0v) is 16.9. The quantitative estimate of drug-likeness (QED) is 0.867. The van der Waals surface area contributed by atoms with Gasteiger partial charge < -0.3 is 10.0 Å². The van der Waals surface area contributed by atoms with Gasteiger partial charge in [0.15, 0.2) is 5.82 Å². The topological polar surface area (TPSA) is 87.4 Å². The van der Waals surface area contributed by atoms with Crippen LogP contribution in [-0.2, 0) is 5.54 Å². The summed E-state index contributed by atoms with van der Waals surface area (Å²) in [6.45, 7) is 10.8. The summed E-state index contributed by atoms with van der Waals surface area (Å²) >= 11 is 0. The van der Waals surface area contributed by atoms with E-state index in [1.807, 2.05) is 34.6 Å². The normalized spacial score (nSPS) is 22.3. The van der Waals surface area contributed by atoms with E-state index in [1.54, 1.807) is 16.8 Å². The number of benzene rings is 1. The number of hydrogen-bond donors (Lipinski definition) is 1. The number of carboxylic acid groups (broad SMARTS) is 1. The van der Waals surface area contributed by atoms with Crippen molar-refractivity contribution in [2.24, 2.45) is 0 Å². The number of hydrogen-bond acceptors (Lipinski definition) is 5. The predicted octanol–water partition coefficient (Wildman–Crippen LogP) is 2.73. The van der Waals surface area contributed by atoms with E-state index in [-0.39, 0.29) is 29.5 Å². The van der Waals surface area contributed by atoms with E-state index in [0.29, 0.717) is 18.9 Å². The van der Waals surface area contributed by atoms with E-state index in [4.69, 9.17) is 0 Å². The fourth-order valence-corrected chi connectivity index (χ4v) is 3.76. The Labute approximate surface area is 163 Å². The number of rotatable bonds is 3. The Bertz CT molecular complexity index is 832. The molecule has 152 valence electrons. The van der Waals surface area contributed by atoms with E-state index in [9.17, 15) is 14.3 Å². The molecule has 1 N–H and O–H groups in total. The molecule has 1 aliphatic rings. The predicted molar refractivity (Wildman–Crippen MR) is 101 cm³/mol. The van der Waals surface area contributed by atoms with Crippen LogP contribution in [-0.4, -0.2) is 66.4 Å². The third-order valence-electron chi connectivity index (χ3n) is 5.17. The fraction of sp³-hybridized carbons (Fsp3) is 0.579. The summed E-state index contributed by atoms with van der Waals surface area (Å²) in [4.78, 5) is 15.2. The van der Waals surface area contributed by atoms with Crippen molar-refractivity contribution in [3.05, 3.63) is 41.5 Å². The summed E-state index contributed by atoms with van der Waals surface area (Å²) < 4.78 is 15.3. The fourth-order valence-electron chi connectivity index (χ4n) is 3.76. The van der Waals surface area contributed by atoms with Gasteiger partial charge in [-0.15, -0.1) is 5.10 Å². The Morgan fingerprint density at radius 1 is 1.18 bits per heavy atom. The summed E-state index contributed by atoms with van der Waals surface area (Å²) in [5, 5.41) is 21.8.